The zero-order valence-corrected chi connectivity index (χ0v) is 17.5. The highest BCUT2D eigenvalue weighted by atomic mass is 35.5. The number of aromatic nitrogens is 1. The van der Waals surface area contributed by atoms with E-state index >= 15 is 0 Å². The van der Waals surface area contributed by atoms with Gasteiger partial charge in [0.1, 0.15) is 17.4 Å². The maximum atomic E-state index is 13.1. The minimum atomic E-state index is -0.555. The van der Waals surface area contributed by atoms with Gasteiger partial charge in [-0.3, -0.25) is 9.36 Å². The van der Waals surface area contributed by atoms with E-state index in [0.717, 1.165) is 5.56 Å². The summed E-state index contributed by atoms with van der Waals surface area (Å²) in [7, 11) is 1.28. The van der Waals surface area contributed by atoms with Crippen LogP contribution in [0.3, 0.4) is 0 Å². The van der Waals surface area contributed by atoms with Crippen molar-refractivity contribution >= 4 is 17.6 Å². The Balaban J connectivity index is 2.05. The van der Waals surface area contributed by atoms with Crippen molar-refractivity contribution in [1.29, 1.82) is 5.26 Å². The predicted octanol–water partition coefficient (Wildman–Crippen LogP) is 4.35. The zero-order valence-electron chi connectivity index (χ0n) is 16.7. The van der Waals surface area contributed by atoms with Gasteiger partial charge in [0.05, 0.1) is 30.0 Å². The topological polar surface area (TPSA) is 81.3 Å². The minimum Gasteiger partial charge on any atom is -0.487 e. The van der Waals surface area contributed by atoms with Gasteiger partial charge in [-0.15, -0.1) is 0 Å². The molecule has 30 heavy (non-hydrogen) atoms. The van der Waals surface area contributed by atoms with E-state index < -0.39 is 11.5 Å². The Labute approximate surface area is 178 Å². The van der Waals surface area contributed by atoms with E-state index in [0.29, 0.717) is 22.5 Å². The summed E-state index contributed by atoms with van der Waals surface area (Å²) in [6, 6.07) is 15.9. The van der Waals surface area contributed by atoms with Crippen molar-refractivity contribution in [2.24, 2.45) is 0 Å². The van der Waals surface area contributed by atoms with Crippen LogP contribution < -0.4 is 10.3 Å². The van der Waals surface area contributed by atoms with Gasteiger partial charge in [0.25, 0.3) is 5.56 Å². The molecule has 7 heteroatoms. The first-order valence-electron chi connectivity index (χ1n) is 9.09. The third-order valence-corrected chi connectivity index (χ3v) is 4.97. The van der Waals surface area contributed by atoms with E-state index in [-0.39, 0.29) is 22.9 Å². The molecular formula is C23H19ClN2O4. The molecule has 0 aliphatic heterocycles. The van der Waals surface area contributed by atoms with Crippen LogP contribution in [-0.4, -0.2) is 17.6 Å². The van der Waals surface area contributed by atoms with Gasteiger partial charge in [-0.05, 0) is 37.6 Å². The molecule has 0 amide bonds. The van der Waals surface area contributed by atoms with Crippen LogP contribution in [0.15, 0.2) is 53.3 Å². The third kappa shape index (κ3) is 4.07. The van der Waals surface area contributed by atoms with Crippen molar-refractivity contribution < 1.29 is 14.3 Å². The lowest BCUT2D eigenvalue weighted by Crippen LogP contribution is -2.24. The zero-order chi connectivity index (χ0) is 21.8. The number of nitriles is 1. The van der Waals surface area contributed by atoms with E-state index in [9.17, 15) is 14.9 Å². The Hall–Kier alpha value is -3.56. The second kappa shape index (κ2) is 8.85. The summed E-state index contributed by atoms with van der Waals surface area (Å²) in [5, 5.41) is 9.09. The second-order valence-corrected chi connectivity index (χ2v) is 7.05. The first-order chi connectivity index (χ1) is 14.4. The van der Waals surface area contributed by atoms with E-state index in [2.05, 4.69) is 6.07 Å². The van der Waals surface area contributed by atoms with E-state index in [1.54, 1.807) is 55.5 Å². The number of benzene rings is 2. The number of nitrogens with zero attached hydrogens (tertiary/aromatic N) is 2. The lowest BCUT2D eigenvalue weighted by Gasteiger charge is -2.17. The normalized spacial score (nSPS) is 10.4. The molecule has 0 spiro atoms. The number of hydrogen-bond donors (Lipinski definition) is 0. The smallest absolute Gasteiger partial charge is 0.339 e. The molecule has 1 heterocycles. The largest absolute Gasteiger partial charge is 0.487 e. The van der Waals surface area contributed by atoms with E-state index in [1.807, 2.05) is 6.92 Å². The molecule has 0 unspecified atom stereocenters. The first-order valence-corrected chi connectivity index (χ1v) is 9.47. The molecule has 0 aliphatic carbocycles. The van der Waals surface area contributed by atoms with Crippen LogP contribution >= 0.6 is 11.6 Å². The number of hydrogen-bond acceptors (Lipinski definition) is 5. The van der Waals surface area contributed by atoms with Crippen LogP contribution in [-0.2, 0) is 11.3 Å². The molecular weight excluding hydrogens is 404 g/mol. The molecule has 0 bridgehead atoms. The molecule has 2 aromatic carbocycles. The van der Waals surface area contributed by atoms with Crippen molar-refractivity contribution in [3.05, 3.63) is 91.9 Å². The molecule has 0 atom stereocenters. The van der Waals surface area contributed by atoms with E-state index in [4.69, 9.17) is 21.1 Å². The van der Waals surface area contributed by atoms with Gasteiger partial charge in [-0.2, -0.15) is 5.26 Å². The molecule has 0 fully saturated rings. The Morgan fingerprint density at radius 1 is 1.17 bits per heavy atom. The van der Waals surface area contributed by atoms with Gasteiger partial charge in [-0.1, -0.05) is 35.9 Å². The molecule has 0 saturated heterocycles. The van der Waals surface area contributed by atoms with Gasteiger partial charge < -0.3 is 9.47 Å². The van der Waals surface area contributed by atoms with Gasteiger partial charge in [-0.25, -0.2) is 4.79 Å². The quantitative estimate of drug-likeness (QED) is 0.571. The van der Waals surface area contributed by atoms with Crippen molar-refractivity contribution in [2.45, 2.75) is 20.5 Å². The number of esters is 1. The van der Waals surface area contributed by atoms with E-state index in [1.165, 1.54) is 11.7 Å². The third-order valence-electron chi connectivity index (χ3n) is 4.62. The summed E-state index contributed by atoms with van der Waals surface area (Å²) in [5.74, 6) is -0.351. The van der Waals surface area contributed by atoms with Gasteiger partial charge in [0, 0.05) is 17.3 Å². The standard InChI is InChI=1S/C23H19ClN2O4/c1-14-8-9-18(23(28)29-3)19(10-14)26-15(2)11-20(21(24)22(26)27)30-13-17-7-5-4-6-16(17)12-25/h4-11H,13H2,1-3H3. The van der Waals surface area contributed by atoms with Gasteiger partial charge >= 0.3 is 5.97 Å². The fourth-order valence-electron chi connectivity index (χ4n) is 3.11. The van der Waals surface area contributed by atoms with Crippen LogP contribution in [0.2, 0.25) is 5.02 Å². The maximum absolute atomic E-state index is 13.1. The van der Waals surface area contributed by atoms with Crippen molar-refractivity contribution in [3.63, 3.8) is 0 Å². The highest BCUT2D eigenvalue weighted by molar-refractivity contribution is 6.31. The lowest BCUT2D eigenvalue weighted by atomic mass is 10.1. The molecule has 0 aliphatic rings. The molecule has 3 aromatic rings. The number of methoxy groups -OCH3 is 1. The summed E-state index contributed by atoms with van der Waals surface area (Å²) >= 11 is 6.33. The number of halogens is 1. The van der Waals surface area contributed by atoms with Crippen molar-refractivity contribution in [3.8, 4) is 17.5 Å². The summed E-state index contributed by atoms with van der Waals surface area (Å²) in [5.41, 5.74) is 2.69. The fraction of sp³-hybridized carbons (Fsp3) is 0.174. The number of carbonyl (C=O) groups excluding carboxylic acids is 1. The average Bonchev–Trinajstić information content (AvgIpc) is 2.75. The van der Waals surface area contributed by atoms with Crippen LogP contribution in [0.4, 0.5) is 0 Å². The SMILES string of the molecule is COC(=O)c1ccc(C)cc1-n1c(C)cc(OCc2ccccc2C#N)c(Cl)c1=O. The molecule has 0 saturated carbocycles. The van der Waals surface area contributed by atoms with Crippen LogP contribution in [0.1, 0.15) is 32.7 Å². The summed E-state index contributed by atoms with van der Waals surface area (Å²) in [4.78, 5) is 25.3. The Kier molecular flexibility index (Phi) is 6.24. The van der Waals surface area contributed by atoms with Gasteiger partial charge in [0.15, 0.2) is 0 Å². The monoisotopic (exact) mass is 422 g/mol. The lowest BCUT2D eigenvalue weighted by molar-refractivity contribution is 0.0600. The number of carbonyl (C=O) groups is 1. The number of aryl methyl sites for hydroxylation is 2. The molecule has 0 N–H and O–H groups in total. The highest BCUT2D eigenvalue weighted by Crippen LogP contribution is 2.26. The summed E-state index contributed by atoms with van der Waals surface area (Å²) in [6.07, 6.45) is 0. The Morgan fingerprint density at radius 2 is 1.90 bits per heavy atom. The summed E-state index contributed by atoms with van der Waals surface area (Å²) in [6.45, 7) is 3.66. The molecule has 1 aromatic heterocycles. The van der Waals surface area contributed by atoms with Crippen molar-refractivity contribution in [1.82, 2.24) is 4.57 Å². The molecule has 3 rings (SSSR count). The number of pyridine rings is 1. The predicted molar refractivity (Wildman–Crippen MR) is 113 cm³/mol. The minimum absolute atomic E-state index is 0.0875. The van der Waals surface area contributed by atoms with Gasteiger partial charge in [0.2, 0.25) is 0 Å². The van der Waals surface area contributed by atoms with Crippen molar-refractivity contribution in [2.75, 3.05) is 7.11 Å². The maximum Gasteiger partial charge on any atom is 0.339 e. The first kappa shape index (κ1) is 21.2. The summed E-state index contributed by atoms with van der Waals surface area (Å²) < 4.78 is 12.0. The second-order valence-electron chi connectivity index (χ2n) is 6.67. The van der Waals surface area contributed by atoms with Crippen LogP contribution in [0, 0.1) is 25.2 Å². The Morgan fingerprint density at radius 3 is 2.60 bits per heavy atom. The number of ether oxygens (including phenoxy) is 2. The molecule has 0 radical (unpaired) electrons. The molecule has 6 nitrogen and oxygen atoms in total. The fourth-order valence-corrected chi connectivity index (χ4v) is 3.30. The average molecular weight is 423 g/mol. The number of rotatable bonds is 5. The highest BCUT2D eigenvalue weighted by Gasteiger charge is 2.19. The Bertz CT molecular complexity index is 1220. The van der Waals surface area contributed by atoms with Crippen LogP contribution in [0.5, 0.6) is 5.75 Å². The molecule has 152 valence electrons. The van der Waals surface area contributed by atoms with Crippen LogP contribution in [0.25, 0.3) is 5.69 Å².